The molecule has 3 rings (SSSR count). The van der Waals surface area contributed by atoms with Crippen LogP contribution < -0.4 is 10.6 Å². The van der Waals surface area contributed by atoms with Gasteiger partial charge in [-0.1, -0.05) is 70.3 Å². The number of imide groups is 1. The van der Waals surface area contributed by atoms with Crippen molar-refractivity contribution >= 4 is 29.4 Å². The maximum absolute atomic E-state index is 12.9. The number of piperidine rings is 1. The van der Waals surface area contributed by atoms with E-state index >= 15 is 0 Å². The molecule has 2 heterocycles. The molecule has 2 aliphatic rings. The first-order valence-corrected chi connectivity index (χ1v) is 13.7. The zero-order valence-corrected chi connectivity index (χ0v) is 21.4. The van der Waals surface area contributed by atoms with Gasteiger partial charge in [-0.3, -0.25) is 24.5 Å². The fourth-order valence-corrected chi connectivity index (χ4v) is 5.14. The summed E-state index contributed by atoms with van der Waals surface area (Å²) >= 11 is 0. The summed E-state index contributed by atoms with van der Waals surface area (Å²) in [5.74, 6) is -1.48. The van der Waals surface area contributed by atoms with Crippen LogP contribution in [0.5, 0.6) is 0 Å². The Morgan fingerprint density at radius 2 is 1.53 bits per heavy atom. The number of unbranched alkanes of at least 4 members (excludes halogenated alkanes) is 11. The molecule has 8 heteroatoms. The number of rotatable bonds is 17. The summed E-state index contributed by atoms with van der Waals surface area (Å²) in [5.41, 5.74) is 2.54. The highest BCUT2D eigenvalue weighted by atomic mass is 16.4. The first kappa shape index (κ1) is 27.7. The van der Waals surface area contributed by atoms with Gasteiger partial charge in [0.05, 0.1) is 0 Å². The van der Waals surface area contributed by atoms with E-state index in [-0.39, 0.29) is 24.1 Å². The van der Waals surface area contributed by atoms with Gasteiger partial charge in [-0.15, -0.1) is 0 Å². The summed E-state index contributed by atoms with van der Waals surface area (Å²) in [4.78, 5) is 48.7. The number of amides is 3. The summed E-state index contributed by atoms with van der Waals surface area (Å²) in [6, 6.07) is 5.10. The van der Waals surface area contributed by atoms with E-state index in [4.69, 9.17) is 5.11 Å². The Bertz CT molecular complexity index is 916. The van der Waals surface area contributed by atoms with Crippen LogP contribution in [0.3, 0.4) is 0 Å². The number of nitrogens with one attached hydrogen (secondary N) is 2. The standard InChI is InChI=1S/C28H41N3O5/c32-25-18-17-24(27(35)30-25)31-20-22-21(28(31)36)14-13-15-23(22)29-19-12-10-8-6-4-2-1-3-5-7-9-11-16-26(33)34/h13-15,24,29H,1-12,16-20H2,(H,33,34)(H,30,32,35). The van der Waals surface area contributed by atoms with Crippen molar-refractivity contribution in [1.29, 1.82) is 0 Å². The quantitative estimate of drug-likeness (QED) is 0.205. The molecule has 1 atom stereocenters. The van der Waals surface area contributed by atoms with E-state index in [2.05, 4.69) is 10.6 Å². The number of aliphatic carboxylic acids is 1. The Kier molecular flexibility index (Phi) is 11.2. The van der Waals surface area contributed by atoms with Crippen LogP contribution in [-0.2, 0) is 20.9 Å². The molecule has 1 aromatic carbocycles. The van der Waals surface area contributed by atoms with Gasteiger partial charge in [0.25, 0.3) is 5.91 Å². The Morgan fingerprint density at radius 1 is 0.917 bits per heavy atom. The third-order valence-electron chi connectivity index (χ3n) is 7.21. The van der Waals surface area contributed by atoms with Crippen molar-refractivity contribution in [1.82, 2.24) is 10.2 Å². The first-order valence-electron chi connectivity index (χ1n) is 13.7. The van der Waals surface area contributed by atoms with E-state index in [9.17, 15) is 19.2 Å². The average molecular weight is 500 g/mol. The average Bonchev–Trinajstić information content (AvgIpc) is 3.18. The Labute approximate surface area is 214 Å². The lowest BCUT2D eigenvalue weighted by molar-refractivity contribution is -0.138. The fourth-order valence-electron chi connectivity index (χ4n) is 5.14. The van der Waals surface area contributed by atoms with Crippen LogP contribution in [0.1, 0.15) is 112 Å². The van der Waals surface area contributed by atoms with Crippen LogP contribution in [0.25, 0.3) is 0 Å². The zero-order valence-electron chi connectivity index (χ0n) is 21.4. The second-order valence-corrected chi connectivity index (χ2v) is 10.0. The number of benzene rings is 1. The van der Waals surface area contributed by atoms with Gasteiger partial charge < -0.3 is 15.3 Å². The Balaban J connectivity index is 1.25. The lowest BCUT2D eigenvalue weighted by atomic mass is 10.0. The molecule has 1 fully saturated rings. The minimum atomic E-state index is -0.691. The number of fused-ring (bicyclic) bond motifs is 1. The summed E-state index contributed by atoms with van der Waals surface area (Å²) in [6.07, 6.45) is 14.9. The highest BCUT2D eigenvalue weighted by molar-refractivity contribution is 6.06. The summed E-state index contributed by atoms with van der Waals surface area (Å²) in [6.45, 7) is 1.25. The monoisotopic (exact) mass is 499 g/mol. The number of carbonyl (C=O) groups excluding carboxylic acids is 3. The van der Waals surface area contributed by atoms with Gasteiger partial charge in [0.15, 0.2) is 0 Å². The third-order valence-corrected chi connectivity index (χ3v) is 7.21. The highest BCUT2D eigenvalue weighted by Crippen LogP contribution is 2.32. The van der Waals surface area contributed by atoms with Crippen LogP contribution in [0.2, 0.25) is 0 Å². The fraction of sp³-hybridized carbons (Fsp3) is 0.643. The molecule has 0 spiro atoms. The molecule has 3 amide bonds. The zero-order chi connectivity index (χ0) is 25.8. The number of hydrogen-bond donors (Lipinski definition) is 3. The highest BCUT2D eigenvalue weighted by Gasteiger charge is 2.39. The molecular formula is C28H41N3O5. The van der Waals surface area contributed by atoms with E-state index in [1.54, 1.807) is 4.90 Å². The van der Waals surface area contributed by atoms with Crippen molar-refractivity contribution in [2.75, 3.05) is 11.9 Å². The molecule has 198 valence electrons. The van der Waals surface area contributed by atoms with Crippen molar-refractivity contribution in [2.24, 2.45) is 0 Å². The second-order valence-electron chi connectivity index (χ2n) is 10.0. The molecular weight excluding hydrogens is 458 g/mol. The Morgan fingerprint density at radius 3 is 2.14 bits per heavy atom. The largest absolute Gasteiger partial charge is 0.481 e. The van der Waals surface area contributed by atoms with Crippen LogP contribution in [0.15, 0.2) is 18.2 Å². The summed E-state index contributed by atoms with van der Waals surface area (Å²) in [7, 11) is 0. The lowest BCUT2D eigenvalue weighted by Crippen LogP contribution is -2.52. The van der Waals surface area contributed by atoms with Gasteiger partial charge in [0.1, 0.15) is 6.04 Å². The van der Waals surface area contributed by atoms with Crippen molar-refractivity contribution in [3.8, 4) is 0 Å². The van der Waals surface area contributed by atoms with E-state index in [0.717, 1.165) is 43.5 Å². The number of carboxylic acid groups (broad SMARTS) is 1. The molecule has 2 aliphatic heterocycles. The minimum Gasteiger partial charge on any atom is -0.481 e. The maximum Gasteiger partial charge on any atom is 0.303 e. The van der Waals surface area contributed by atoms with Gasteiger partial charge in [-0.05, 0) is 31.4 Å². The topological polar surface area (TPSA) is 116 Å². The van der Waals surface area contributed by atoms with Crippen LogP contribution in [-0.4, -0.2) is 46.3 Å². The molecule has 0 aliphatic carbocycles. The Hall–Kier alpha value is -2.90. The van der Waals surface area contributed by atoms with Crippen LogP contribution in [0.4, 0.5) is 5.69 Å². The number of nitrogens with zero attached hydrogens (tertiary/aromatic N) is 1. The number of anilines is 1. The predicted octanol–water partition coefficient (Wildman–Crippen LogP) is 5.02. The van der Waals surface area contributed by atoms with Gasteiger partial charge in [-0.2, -0.15) is 0 Å². The van der Waals surface area contributed by atoms with E-state index in [1.165, 1.54) is 51.4 Å². The molecule has 36 heavy (non-hydrogen) atoms. The predicted molar refractivity (Wildman–Crippen MR) is 139 cm³/mol. The van der Waals surface area contributed by atoms with E-state index < -0.39 is 12.0 Å². The third kappa shape index (κ3) is 8.35. The molecule has 1 unspecified atom stereocenters. The van der Waals surface area contributed by atoms with Crippen molar-refractivity contribution in [2.45, 2.75) is 109 Å². The van der Waals surface area contributed by atoms with Gasteiger partial charge in [0.2, 0.25) is 11.8 Å². The maximum atomic E-state index is 12.9. The number of carboxylic acids is 1. The van der Waals surface area contributed by atoms with Crippen LogP contribution in [0, 0.1) is 0 Å². The lowest BCUT2D eigenvalue weighted by Gasteiger charge is -2.29. The van der Waals surface area contributed by atoms with Crippen molar-refractivity contribution in [3.05, 3.63) is 29.3 Å². The van der Waals surface area contributed by atoms with Gasteiger partial charge >= 0.3 is 5.97 Å². The van der Waals surface area contributed by atoms with E-state index in [0.29, 0.717) is 24.9 Å². The molecule has 0 radical (unpaired) electrons. The summed E-state index contributed by atoms with van der Waals surface area (Å²) < 4.78 is 0. The van der Waals surface area contributed by atoms with Gasteiger partial charge in [-0.25, -0.2) is 0 Å². The number of carbonyl (C=O) groups is 4. The molecule has 1 saturated heterocycles. The minimum absolute atomic E-state index is 0.138. The molecule has 3 N–H and O–H groups in total. The molecule has 8 nitrogen and oxygen atoms in total. The molecule has 0 aromatic heterocycles. The van der Waals surface area contributed by atoms with E-state index in [1.807, 2.05) is 18.2 Å². The van der Waals surface area contributed by atoms with Crippen molar-refractivity contribution < 1.29 is 24.3 Å². The molecule has 1 aromatic rings. The smallest absolute Gasteiger partial charge is 0.303 e. The van der Waals surface area contributed by atoms with Crippen LogP contribution >= 0.6 is 0 Å². The first-order chi connectivity index (χ1) is 17.5. The summed E-state index contributed by atoms with van der Waals surface area (Å²) in [5, 5.41) is 14.5. The van der Waals surface area contributed by atoms with Crippen molar-refractivity contribution in [3.63, 3.8) is 0 Å². The normalized spacial score (nSPS) is 17.3. The molecule has 0 saturated carbocycles. The number of hydrogen-bond acceptors (Lipinski definition) is 5. The molecule has 0 bridgehead atoms. The van der Waals surface area contributed by atoms with Gasteiger partial charge in [0, 0.05) is 42.7 Å². The SMILES string of the molecule is O=C(O)CCCCCCCCCCCCCCNc1cccc2c1CN(C1CCC(=O)NC1=O)C2=O. The second kappa shape index (κ2) is 14.6.